The largest absolute Gasteiger partial charge is 0.340 e. The third-order valence-electron chi connectivity index (χ3n) is 5.26. The van der Waals surface area contributed by atoms with Gasteiger partial charge in [-0.2, -0.15) is 0 Å². The number of likely N-dealkylation sites (N-methyl/N-ethyl adjacent to an activating group) is 1. The van der Waals surface area contributed by atoms with Crippen LogP contribution in [0.4, 0.5) is 0 Å². The van der Waals surface area contributed by atoms with Gasteiger partial charge in [0.2, 0.25) is 5.91 Å². The van der Waals surface area contributed by atoms with Gasteiger partial charge in [-0.25, -0.2) is 4.98 Å². The van der Waals surface area contributed by atoms with E-state index in [4.69, 9.17) is 16.6 Å². The molecule has 146 valence electrons. The van der Waals surface area contributed by atoms with Gasteiger partial charge in [-0.15, -0.1) is 11.3 Å². The average Bonchev–Trinajstić information content (AvgIpc) is 3.12. The number of thiazole rings is 1. The van der Waals surface area contributed by atoms with E-state index < -0.39 is 0 Å². The maximum atomic E-state index is 12.7. The molecule has 2 aromatic carbocycles. The Kier molecular flexibility index (Phi) is 5.95. The first-order valence-corrected chi connectivity index (χ1v) is 10.8. The highest BCUT2D eigenvalue weighted by molar-refractivity contribution is 7.18. The molecule has 1 aromatic heterocycles. The smallest absolute Gasteiger partial charge is 0.236 e. The van der Waals surface area contributed by atoms with Crippen molar-refractivity contribution in [1.82, 2.24) is 14.8 Å². The van der Waals surface area contributed by atoms with Crippen molar-refractivity contribution < 1.29 is 4.79 Å². The van der Waals surface area contributed by atoms with Crippen LogP contribution in [-0.2, 0) is 11.3 Å². The molecule has 0 N–H and O–H groups in total. The van der Waals surface area contributed by atoms with Crippen molar-refractivity contribution >= 4 is 39.1 Å². The lowest BCUT2D eigenvalue weighted by Gasteiger charge is -2.32. The number of hydrogen-bond donors (Lipinski definition) is 0. The summed E-state index contributed by atoms with van der Waals surface area (Å²) in [7, 11) is 1.86. The van der Waals surface area contributed by atoms with Gasteiger partial charge in [-0.05, 0) is 49.2 Å². The van der Waals surface area contributed by atoms with E-state index in [1.54, 1.807) is 16.2 Å². The lowest BCUT2D eigenvalue weighted by Crippen LogP contribution is -2.42. The van der Waals surface area contributed by atoms with Crippen molar-refractivity contribution in [2.45, 2.75) is 25.3 Å². The average molecular weight is 414 g/mol. The minimum Gasteiger partial charge on any atom is -0.340 e. The fourth-order valence-corrected chi connectivity index (χ4v) is 5.08. The topological polar surface area (TPSA) is 36.4 Å². The first-order chi connectivity index (χ1) is 13.6. The third kappa shape index (κ3) is 4.54. The van der Waals surface area contributed by atoms with Crippen LogP contribution in [0, 0.1) is 0 Å². The number of piperidine rings is 1. The van der Waals surface area contributed by atoms with Crippen molar-refractivity contribution in [2.24, 2.45) is 0 Å². The van der Waals surface area contributed by atoms with Gasteiger partial charge >= 0.3 is 0 Å². The molecule has 3 aromatic rings. The minimum atomic E-state index is 0.143. The summed E-state index contributed by atoms with van der Waals surface area (Å²) < 4.78 is 1.24. The van der Waals surface area contributed by atoms with E-state index >= 15 is 0 Å². The summed E-state index contributed by atoms with van der Waals surface area (Å²) >= 11 is 7.84. The molecule has 6 heteroatoms. The van der Waals surface area contributed by atoms with Crippen LogP contribution in [0.25, 0.3) is 10.2 Å². The normalized spacial score (nSPS) is 17.7. The van der Waals surface area contributed by atoms with Crippen molar-refractivity contribution in [3.05, 3.63) is 64.1 Å². The van der Waals surface area contributed by atoms with Gasteiger partial charge in [0.15, 0.2) is 0 Å². The quantitative estimate of drug-likeness (QED) is 0.603. The summed E-state index contributed by atoms with van der Waals surface area (Å²) in [6, 6.07) is 16.0. The summed E-state index contributed by atoms with van der Waals surface area (Å²) in [4.78, 5) is 21.6. The Balaban J connectivity index is 1.37. The molecule has 0 bridgehead atoms. The van der Waals surface area contributed by atoms with E-state index in [2.05, 4.69) is 23.1 Å². The number of nitrogens with zero attached hydrogens (tertiary/aromatic N) is 3. The van der Waals surface area contributed by atoms with Gasteiger partial charge in [-0.3, -0.25) is 9.69 Å². The zero-order valence-electron chi connectivity index (χ0n) is 16.0. The molecule has 0 unspecified atom stereocenters. The van der Waals surface area contributed by atoms with Crippen LogP contribution in [0.1, 0.15) is 29.3 Å². The van der Waals surface area contributed by atoms with E-state index in [0.717, 1.165) is 37.0 Å². The van der Waals surface area contributed by atoms with E-state index in [9.17, 15) is 4.79 Å². The molecule has 1 aliphatic heterocycles. The fraction of sp³-hybridized carbons (Fsp3) is 0.364. The monoisotopic (exact) mass is 413 g/mol. The molecule has 4 rings (SSSR count). The fourth-order valence-electron chi connectivity index (χ4n) is 3.77. The van der Waals surface area contributed by atoms with Crippen molar-refractivity contribution in [1.29, 1.82) is 0 Å². The zero-order chi connectivity index (χ0) is 19.5. The first kappa shape index (κ1) is 19.4. The second kappa shape index (κ2) is 8.60. The summed E-state index contributed by atoms with van der Waals surface area (Å²) in [5.74, 6) is 0.558. The van der Waals surface area contributed by atoms with Crippen molar-refractivity contribution in [2.75, 3.05) is 26.7 Å². The van der Waals surface area contributed by atoms with Crippen molar-refractivity contribution in [3.8, 4) is 0 Å². The van der Waals surface area contributed by atoms with Gasteiger partial charge in [-0.1, -0.05) is 35.9 Å². The summed E-state index contributed by atoms with van der Waals surface area (Å²) in [5, 5.41) is 1.90. The second-order valence-electron chi connectivity index (χ2n) is 7.47. The van der Waals surface area contributed by atoms with E-state index in [1.807, 2.05) is 37.4 Å². The van der Waals surface area contributed by atoms with Crippen LogP contribution >= 0.6 is 22.9 Å². The molecule has 0 radical (unpaired) electrons. The zero-order valence-corrected chi connectivity index (χ0v) is 17.5. The van der Waals surface area contributed by atoms with Crippen molar-refractivity contribution in [3.63, 3.8) is 0 Å². The molecule has 1 aliphatic rings. The Morgan fingerprint density at radius 3 is 2.96 bits per heavy atom. The number of amides is 1. The number of hydrogen-bond acceptors (Lipinski definition) is 4. The molecule has 0 saturated carbocycles. The number of halogens is 1. The van der Waals surface area contributed by atoms with Gasteiger partial charge in [0.05, 0.1) is 21.8 Å². The molecule has 1 amide bonds. The predicted octanol–water partition coefficient (Wildman–Crippen LogP) is 4.79. The van der Waals surface area contributed by atoms with E-state index in [1.165, 1.54) is 9.71 Å². The SMILES string of the molecule is CN(Cc1cccc(Cl)c1)C(=O)CN1CCC[C@H](c2nc3ccccc3s2)C1. The summed E-state index contributed by atoms with van der Waals surface area (Å²) in [6.45, 7) is 2.90. The molecule has 2 heterocycles. The summed E-state index contributed by atoms with van der Waals surface area (Å²) in [6.07, 6.45) is 2.24. The highest BCUT2D eigenvalue weighted by atomic mass is 35.5. The molecule has 0 spiro atoms. The Morgan fingerprint density at radius 1 is 1.29 bits per heavy atom. The Morgan fingerprint density at radius 2 is 2.14 bits per heavy atom. The molecule has 1 atom stereocenters. The maximum absolute atomic E-state index is 12.7. The Bertz CT molecular complexity index is 940. The van der Waals surface area contributed by atoms with Gasteiger partial charge in [0.25, 0.3) is 0 Å². The van der Waals surface area contributed by atoms with E-state index in [-0.39, 0.29) is 5.91 Å². The van der Waals surface area contributed by atoms with Crippen LogP contribution in [0.3, 0.4) is 0 Å². The Hall–Kier alpha value is -1.95. The molecule has 1 fully saturated rings. The van der Waals surface area contributed by atoms with Gasteiger partial charge in [0, 0.05) is 31.1 Å². The number of rotatable bonds is 5. The van der Waals surface area contributed by atoms with Crippen LogP contribution in [0.5, 0.6) is 0 Å². The minimum absolute atomic E-state index is 0.143. The standard InChI is InChI=1S/C22H24ClN3OS/c1-25(13-16-6-4-8-18(23)12-16)21(27)15-26-11-5-7-17(14-26)22-24-19-9-2-3-10-20(19)28-22/h2-4,6,8-10,12,17H,5,7,11,13-15H2,1H3/t17-/m0/s1. The molecule has 1 saturated heterocycles. The second-order valence-corrected chi connectivity index (χ2v) is 8.97. The maximum Gasteiger partial charge on any atom is 0.236 e. The van der Waals surface area contributed by atoms with E-state index in [0.29, 0.717) is 24.0 Å². The van der Waals surface area contributed by atoms with Crippen LogP contribution < -0.4 is 0 Å². The molecular formula is C22H24ClN3OS. The first-order valence-electron chi connectivity index (χ1n) is 9.65. The van der Waals surface area contributed by atoms with Crippen LogP contribution in [0.15, 0.2) is 48.5 Å². The third-order valence-corrected chi connectivity index (χ3v) is 6.69. The van der Waals surface area contributed by atoms with Gasteiger partial charge in [0.1, 0.15) is 0 Å². The molecule has 28 heavy (non-hydrogen) atoms. The van der Waals surface area contributed by atoms with Gasteiger partial charge < -0.3 is 4.90 Å². The van der Waals surface area contributed by atoms with Crippen LogP contribution in [0.2, 0.25) is 5.02 Å². The number of fused-ring (bicyclic) bond motifs is 1. The highest BCUT2D eigenvalue weighted by Crippen LogP contribution is 2.32. The number of carbonyl (C=O) groups excluding carboxylic acids is 1. The lowest BCUT2D eigenvalue weighted by atomic mass is 9.98. The van der Waals surface area contributed by atoms with Crippen LogP contribution in [-0.4, -0.2) is 47.4 Å². The molecule has 4 nitrogen and oxygen atoms in total. The number of likely N-dealkylation sites (tertiary alicyclic amines) is 1. The number of aromatic nitrogens is 1. The molecular weight excluding hydrogens is 390 g/mol. The molecule has 0 aliphatic carbocycles. The Labute approximate surface area is 174 Å². The highest BCUT2D eigenvalue weighted by Gasteiger charge is 2.26. The predicted molar refractivity (Wildman–Crippen MR) is 116 cm³/mol. The lowest BCUT2D eigenvalue weighted by molar-refractivity contribution is -0.131. The summed E-state index contributed by atoms with van der Waals surface area (Å²) in [5.41, 5.74) is 2.13. The number of para-hydroxylation sites is 1. The number of benzene rings is 2. The number of carbonyl (C=O) groups is 1.